The largest absolute Gasteiger partial charge is 0.334 e. The third kappa shape index (κ3) is 5.64. The number of carbonyl (C=O) groups excluding carboxylic acids is 1. The standard InChI is InChI=1S/C22H21ClN2O/c23-19-12-7-13-20(16-19)24-22(26)25-21(14-17-8-3-1-4-9-17)15-18-10-5-2-6-11-18/h1-13,16,21H,14-15H2,(H2,24,25,26). The van der Waals surface area contributed by atoms with Gasteiger partial charge in [0, 0.05) is 16.8 Å². The average molecular weight is 365 g/mol. The Bertz CT molecular complexity index is 796. The maximum Gasteiger partial charge on any atom is 0.319 e. The van der Waals surface area contributed by atoms with Crippen LogP contribution < -0.4 is 10.6 Å². The number of urea groups is 1. The van der Waals surface area contributed by atoms with Crippen LogP contribution in [0.4, 0.5) is 10.5 Å². The van der Waals surface area contributed by atoms with Crippen LogP contribution >= 0.6 is 11.6 Å². The number of benzene rings is 3. The van der Waals surface area contributed by atoms with Crippen LogP contribution in [0.1, 0.15) is 11.1 Å². The first kappa shape index (κ1) is 18.0. The van der Waals surface area contributed by atoms with Crippen molar-refractivity contribution in [2.24, 2.45) is 0 Å². The van der Waals surface area contributed by atoms with E-state index in [1.165, 1.54) is 11.1 Å². The van der Waals surface area contributed by atoms with Crippen LogP contribution in [0.5, 0.6) is 0 Å². The Morgan fingerprint density at radius 3 is 1.92 bits per heavy atom. The van der Waals surface area contributed by atoms with Gasteiger partial charge in [-0.2, -0.15) is 0 Å². The Kier molecular flexibility index (Phi) is 6.29. The second kappa shape index (κ2) is 9.07. The Morgan fingerprint density at radius 1 is 0.808 bits per heavy atom. The molecule has 0 fully saturated rings. The van der Waals surface area contributed by atoms with E-state index in [1.807, 2.05) is 48.5 Å². The molecule has 3 aromatic carbocycles. The van der Waals surface area contributed by atoms with Crippen molar-refractivity contribution in [1.29, 1.82) is 0 Å². The van der Waals surface area contributed by atoms with Crippen LogP contribution in [0.15, 0.2) is 84.9 Å². The molecule has 2 amide bonds. The van der Waals surface area contributed by atoms with Crippen molar-refractivity contribution in [3.63, 3.8) is 0 Å². The average Bonchev–Trinajstić information content (AvgIpc) is 2.63. The fourth-order valence-corrected chi connectivity index (χ4v) is 3.08. The van der Waals surface area contributed by atoms with E-state index in [0.717, 1.165) is 12.8 Å². The van der Waals surface area contributed by atoms with Gasteiger partial charge in [-0.3, -0.25) is 0 Å². The SMILES string of the molecule is O=C(Nc1cccc(Cl)c1)NC(Cc1ccccc1)Cc1ccccc1. The van der Waals surface area contributed by atoms with Crippen molar-refractivity contribution in [2.75, 3.05) is 5.32 Å². The van der Waals surface area contributed by atoms with Gasteiger partial charge in [0.1, 0.15) is 0 Å². The molecule has 0 aliphatic rings. The number of hydrogen-bond acceptors (Lipinski definition) is 1. The number of carbonyl (C=O) groups is 1. The molecule has 0 unspecified atom stereocenters. The minimum absolute atomic E-state index is 0.0148. The number of hydrogen-bond donors (Lipinski definition) is 2. The summed E-state index contributed by atoms with van der Waals surface area (Å²) in [6.07, 6.45) is 1.53. The van der Waals surface area contributed by atoms with Gasteiger partial charge in [0.2, 0.25) is 0 Å². The summed E-state index contributed by atoms with van der Waals surface area (Å²) in [5, 5.41) is 6.53. The molecule has 0 saturated carbocycles. The lowest BCUT2D eigenvalue weighted by Crippen LogP contribution is -2.40. The molecule has 2 N–H and O–H groups in total. The summed E-state index contributed by atoms with van der Waals surface area (Å²) in [6, 6.07) is 27.2. The van der Waals surface area contributed by atoms with E-state index in [9.17, 15) is 4.79 Å². The molecule has 0 radical (unpaired) electrons. The van der Waals surface area contributed by atoms with Crippen molar-refractivity contribution in [3.05, 3.63) is 101 Å². The highest BCUT2D eigenvalue weighted by molar-refractivity contribution is 6.30. The molecule has 4 heteroatoms. The molecule has 132 valence electrons. The van der Waals surface area contributed by atoms with E-state index in [4.69, 9.17) is 11.6 Å². The molecule has 0 atom stereocenters. The lowest BCUT2D eigenvalue weighted by atomic mass is 9.99. The monoisotopic (exact) mass is 364 g/mol. The van der Waals surface area contributed by atoms with E-state index in [0.29, 0.717) is 10.7 Å². The van der Waals surface area contributed by atoms with Crippen molar-refractivity contribution < 1.29 is 4.79 Å². The van der Waals surface area contributed by atoms with Crippen molar-refractivity contribution in [1.82, 2.24) is 5.32 Å². The molecule has 0 aliphatic carbocycles. The summed E-state index contributed by atoms with van der Waals surface area (Å²) in [5.41, 5.74) is 3.06. The topological polar surface area (TPSA) is 41.1 Å². The number of amides is 2. The van der Waals surface area contributed by atoms with Crippen LogP contribution in [0.2, 0.25) is 5.02 Å². The van der Waals surface area contributed by atoms with Crippen LogP contribution in [-0.4, -0.2) is 12.1 Å². The van der Waals surface area contributed by atoms with Gasteiger partial charge < -0.3 is 10.6 Å². The fourth-order valence-electron chi connectivity index (χ4n) is 2.89. The van der Waals surface area contributed by atoms with Gasteiger partial charge in [-0.25, -0.2) is 4.79 Å². The summed E-state index contributed by atoms with van der Waals surface area (Å²) in [7, 11) is 0. The maximum absolute atomic E-state index is 12.4. The van der Waals surface area contributed by atoms with Crippen LogP contribution in [0, 0.1) is 0 Å². The van der Waals surface area contributed by atoms with Gasteiger partial charge in [0.15, 0.2) is 0 Å². The lowest BCUT2D eigenvalue weighted by Gasteiger charge is -2.20. The van der Waals surface area contributed by atoms with E-state index in [-0.39, 0.29) is 12.1 Å². The summed E-state index contributed by atoms with van der Waals surface area (Å²) < 4.78 is 0. The second-order valence-corrected chi connectivity index (χ2v) is 6.62. The minimum Gasteiger partial charge on any atom is -0.334 e. The number of halogens is 1. The highest BCUT2D eigenvalue weighted by atomic mass is 35.5. The van der Waals surface area contributed by atoms with Gasteiger partial charge >= 0.3 is 6.03 Å². The Labute approximate surface area is 159 Å². The zero-order valence-electron chi connectivity index (χ0n) is 14.4. The first-order valence-corrected chi connectivity index (χ1v) is 8.98. The lowest BCUT2D eigenvalue weighted by molar-refractivity contribution is 0.248. The predicted octanol–water partition coefficient (Wildman–Crippen LogP) is 5.32. The Morgan fingerprint density at radius 2 is 1.38 bits per heavy atom. The van der Waals surface area contributed by atoms with Gasteiger partial charge in [-0.05, 0) is 42.2 Å². The molecule has 0 aliphatic heterocycles. The summed E-state index contributed by atoms with van der Waals surface area (Å²) in [6.45, 7) is 0. The van der Waals surface area contributed by atoms with Crippen molar-refractivity contribution >= 4 is 23.3 Å². The highest BCUT2D eigenvalue weighted by Crippen LogP contribution is 2.15. The van der Waals surface area contributed by atoms with Gasteiger partial charge in [0.25, 0.3) is 0 Å². The normalized spacial score (nSPS) is 10.5. The second-order valence-electron chi connectivity index (χ2n) is 6.19. The fraction of sp³-hybridized carbons (Fsp3) is 0.136. The summed E-state index contributed by atoms with van der Waals surface area (Å²) >= 11 is 5.98. The zero-order valence-corrected chi connectivity index (χ0v) is 15.1. The zero-order chi connectivity index (χ0) is 18.2. The Hall–Kier alpha value is -2.78. The van der Waals surface area contributed by atoms with E-state index >= 15 is 0 Å². The quantitative estimate of drug-likeness (QED) is 0.611. The molecular formula is C22H21ClN2O. The summed E-state index contributed by atoms with van der Waals surface area (Å²) in [4.78, 5) is 12.4. The van der Waals surface area contributed by atoms with E-state index in [1.54, 1.807) is 12.1 Å². The number of nitrogens with one attached hydrogen (secondary N) is 2. The van der Waals surface area contributed by atoms with E-state index < -0.39 is 0 Å². The molecule has 26 heavy (non-hydrogen) atoms. The molecule has 0 bridgehead atoms. The van der Waals surface area contributed by atoms with Crippen LogP contribution in [-0.2, 0) is 12.8 Å². The molecule has 0 aromatic heterocycles. The van der Waals surface area contributed by atoms with Gasteiger partial charge in [0.05, 0.1) is 0 Å². The molecule has 0 heterocycles. The molecule has 3 aromatic rings. The molecule has 0 saturated heterocycles. The third-order valence-corrected chi connectivity index (χ3v) is 4.30. The van der Waals surface area contributed by atoms with Gasteiger partial charge in [-0.1, -0.05) is 78.3 Å². The van der Waals surface area contributed by atoms with Crippen LogP contribution in [0.3, 0.4) is 0 Å². The third-order valence-electron chi connectivity index (χ3n) is 4.07. The molecular weight excluding hydrogens is 344 g/mol. The first-order valence-electron chi connectivity index (χ1n) is 8.60. The number of rotatable bonds is 6. The minimum atomic E-state index is -0.232. The van der Waals surface area contributed by atoms with Crippen molar-refractivity contribution in [2.45, 2.75) is 18.9 Å². The highest BCUT2D eigenvalue weighted by Gasteiger charge is 2.14. The summed E-state index contributed by atoms with van der Waals surface area (Å²) in [5.74, 6) is 0. The Balaban J connectivity index is 1.68. The predicted molar refractivity (Wildman–Crippen MR) is 108 cm³/mol. The molecule has 0 spiro atoms. The molecule has 3 nitrogen and oxygen atoms in total. The van der Waals surface area contributed by atoms with Crippen LogP contribution in [0.25, 0.3) is 0 Å². The van der Waals surface area contributed by atoms with Crippen molar-refractivity contribution in [3.8, 4) is 0 Å². The van der Waals surface area contributed by atoms with Gasteiger partial charge in [-0.15, -0.1) is 0 Å². The number of anilines is 1. The molecule has 3 rings (SSSR count). The first-order chi connectivity index (χ1) is 12.7. The maximum atomic E-state index is 12.4. The van der Waals surface area contributed by atoms with E-state index in [2.05, 4.69) is 34.9 Å². The smallest absolute Gasteiger partial charge is 0.319 e.